The van der Waals surface area contributed by atoms with Crippen molar-refractivity contribution in [3.8, 4) is 0 Å². The Morgan fingerprint density at radius 1 is 1.53 bits per heavy atom. The lowest BCUT2D eigenvalue weighted by atomic mass is 10.1. The van der Waals surface area contributed by atoms with Crippen LogP contribution in [0.25, 0.3) is 0 Å². The highest BCUT2D eigenvalue weighted by Crippen LogP contribution is 2.06. The molecule has 80 valence electrons. The Labute approximate surface area is 90.5 Å². The predicted octanol–water partition coefficient (Wildman–Crippen LogP) is 2.34. The van der Waals surface area contributed by atoms with Crippen LogP contribution in [0, 0.1) is 11.3 Å². The van der Waals surface area contributed by atoms with Crippen molar-refractivity contribution in [2.24, 2.45) is 11.7 Å². The molecule has 0 spiro atoms. The van der Waals surface area contributed by atoms with Crippen molar-refractivity contribution in [3.05, 3.63) is 41.9 Å². The van der Waals surface area contributed by atoms with E-state index in [0.29, 0.717) is 17.3 Å². The molecule has 0 unspecified atom stereocenters. The van der Waals surface area contributed by atoms with E-state index in [1.165, 1.54) is 0 Å². The zero-order valence-corrected chi connectivity index (χ0v) is 9.20. The van der Waals surface area contributed by atoms with Gasteiger partial charge in [0.05, 0.1) is 11.4 Å². The van der Waals surface area contributed by atoms with Crippen LogP contribution >= 0.6 is 0 Å². The number of aromatic nitrogens is 1. The van der Waals surface area contributed by atoms with Crippen LogP contribution in [0.4, 0.5) is 0 Å². The Balaban J connectivity index is 2.71. The van der Waals surface area contributed by atoms with Crippen LogP contribution in [-0.4, -0.2) is 10.7 Å². The minimum Gasteiger partial charge on any atom is -0.402 e. The van der Waals surface area contributed by atoms with E-state index in [0.717, 1.165) is 12.1 Å². The van der Waals surface area contributed by atoms with Crippen LogP contribution in [0.5, 0.6) is 0 Å². The van der Waals surface area contributed by atoms with Crippen LogP contribution in [-0.2, 0) is 0 Å². The molecule has 1 heterocycles. The second-order valence-electron chi connectivity index (χ2n) is 3.95. The summed E-state index contributed by atoms with van der Waals surface area (Å²) in [6, 6.07) is 5.50. The smallest absolute Gasteiger partial charge is 0.0879 e. The number of nitrogens with zero attached hydrogens (tertiary/aromatic N) is 1. The van der Waals surface area contributed by atoms with Gasteiger partial charge in [0.2, 0.25) is 0 Å². The molecule has 0 aromatic carbocycles. The fourth-order valence-electron chi connectivity index (χ4n) is 1.31. The number of allylic oxidation sites excluding steroid dienone is 2. The molecule has 0 atom stereocenters. The first kappa shape index (κ1) is 11.4. The quantitative estimate of drug-likeness (QED) is 0.738. The van der Waals surface area contributed by atoms with Gasteiger partial charge in [0, 0.05) is 11.9 Å². The second-order valence-corrected chi connectivity index (χ2v) is 3.95. The number of hydrogen-bond acceptors (Lipinski definition) is 3. The molecule has 1 rings (SSSR count). The van der Waals surface area contributed by atoms with Gasteiger partial charge in [0.15, 0.2) is 0 Å². The molecule has 0 saturated heterocycles. The van der Waals surface area contributed by atoms with Gasteiger partial charge in [-0.05, 0) is 30.5 Å². The van der Waals surface area contributed by atoms with Crippen molar-refractivity contribution >= 4 is 5.71 Å². The molecule has 0 bridgehead atoms. The molecular formula is C12H17N3. The standard InChI is InChI=1S/C12H17N3/c1-9(2)7-10(13)8-11(14)12-5-3-4-6-15-12/h3-6,8-9,14H,7,13H2,1-2H3. The number of rotatable bonds is 4. The van der Waals surface area contributed by atoms with Crippen molar-refractivity contribution in [3.63, 3.8) is 0 Å². The average Bonchev–Trinajstić information content (AvgIpc) is 2.17. The van der Waals surface area contributed by atoms with Gasteiger partial charge < -0.3 is 5.73 Å². The Bertz CT molecular complexity index is 352. The lowest BCUT2D eigenvalue weighted by Gasteiger charge is -2.05. The number of hydrogen-bond donors (Lipinski definition) is 2. The molecule has 0 radical (unpaired) electrons. The number of pyridine rings is 1. The van der Waals surface area contributed by atoms with E-state index in [1.807, 2.05) is 18.2 Å². The maximum absolute atomic E-state index is 7.79. The Hall–Kier alpha value is -1.64. The van der Waals surface area contributed by atoms with E-state index in [9.17, 15) is 0 Å². The zero-order chi connectivity index (χ0) is 11.3. The van der Waals surface area contributed by atoms with Crippen molar-refractivity contribution in [1.82, 2.24) is 4.98 Å². The molecule has 0 saturated carbocycles. The van der Waals surface area contributed by atoms with E-state index >= 15 is 0 Å². The minimum absolute atomic E-state index is 0.369. The molecule has 0 fully saturated rings. The van der Waals surface area contributed by atoms with Crippen molar-refractivity contribution in [1.29, 1.82) is 5.41 Å². The second kappa shape index (κ2) is 5.29. The van der Waals surface area contributed by atoms with E-state index in [4.69, 9.17) is 11.1 Å². The number of nitrogens with one attached hydrogen (secondary N) is 1. The molecule has 3 N–H and O–H groups in total. The van der Waals surface area contributed by atoms with Crippen LogP contribution < -0.4 is 5.73 Å². The summed E-state index contributed by atoms with van der Waals surface area (Å²) in [5.74, 6) is 0.512. The largest absolute Gasteiger partial charge is 0.402 e. The van der Waals surface area contributed by atoms with Gasteiger partial charge >= 0.3 is 0 Å². The molecule has 0 aliphatic rings. The molecule has 3 heteroatoms. The van der Waals surface area contributed by atoms with Gasteiger partial charge in [0.25, 0.3) is 0 Å². The van der Waals surface area contributed by atoms with Gasteiger partial charge in [-0.15, -0.1) is 0 Å². The van der Waals surface area contributed by atoms with Crippen molar-refractivity contribution in [2.45, 2.75) is 20.3 Å². The maximum Gasteiger partial charge on any atom is 0.0879 e. The lowest BCUT2D eigenvalue weighted by Crippen LogP contribution is -2.06. The zero-order valence-electron chi connectivity index (χ0n) is 9.20. The predicted molar refractivity (Wildman–Crippen MR) is 62.8 cm³/mol. The first-order chi connectivity index (χ1) is 7.09. The normalized spacial score (nSPS) is 11.8. The Kier molecular flexibility index (Phi) is 4.03. The molecular weight excluding hydrogens is 186 g/mol. The highest BCUT2D eigenvalue weighted by atomic mass is 14.7. The van der Waals surface area contributed by atoms with E-state index in [2.05, 4.69) is 18.8 Å². The first-order valence-corrected chi connectivity index (χ1v) is 5.05. The fraction of sp³-hybridized carbons (Fsp3) is 0.333. The third-order valence-electron chi connectivity index (χ3n) is 1.91. The molecule has 0 amide bonds. The summed E-state index contributed by atoms with van der Waals surface area (Å²) >= 11 is 0. The summed E-state index contributed by atoms with van der Waals surface area (Å²) in [5.41, 5.74) is 7.57. The minimum atomic E-state index is 0.369. The summed E-state index contributed by atoms with van der Waals surface area (Å²) < 4.78 is 0. The molecule has 1 aromatic rings. The molecule has 15 heavy (non-hydrogen) atoms. The van der Waals surface area contributed by atoms with Gasteiger partial charge in [0.1, 0.15) is 0 Å². The average molecular weight is 203 g/mol. The first-order valence-electron chi connectivity index (χ1n) is 5.05. The Morgan fingerprint density at radius 2 is 2.27 bits per heavy atom. The molecule has 0 aliphatic heterocycles. The van der Waals surface area contributed by atoms with E-state index < -0.39 is 0 Å². The fourth-order valence-corrected chi connectivity index (χ4v) is 1.31. The van der Waals surface area contributed by atoms with Gasteiger partial charge in [-0.1, -0.05) is 19.9 Å². The van der Waals surface area contributed by atoms with Crippen LogP contribution in [0.1, 0.15) is 26.0 Å². The third kappa shape index (κ3) is 3.94. The molecule has 3 nitrogen and oxygen atoms in total. The van der Waals surface area contributed by atoms with Crippen molar-refractivity contribution < 1.29 is 0 Å². The lowest BCUT2D eigenvalue weighted by molar-refractivity contribution is 0.638. The van der Waals surface area contributed by atoms with Crippen LogP contribution in [0.2, 0.25) is 0 Å². The van der Waals surface area contributed by atoms with E-state index in [-0.39, 0.29) is 0 Å². The van der Waals surface area contributed by atoms with Gasteiger partial charge in [-0.25, -0.2) is 0 Å². The highest BCUT2D eigenvalue weighted by Gasteiger charge is 2.01. The monoisotopic (exact) mass is 203 g/mol. The summed E-state index contributed by atoms with van der Waals surface area (Å²) in [5, 5.41) is 7.79. The Morgan fingerprint density at radius 3 is 2.80 bits per heavy atom. The highest BCUT2D eigenvalue weighted by molar-refractivity contribution is 6.05. The van der Waals surface area contributed by atoms with Crippen LogP contribution in [0.15, 0.2) is 36.2 Å². The maximum atomic E-state index is 7.79. The van der Waals surface area contributed by atoms with Crippen molar-refractivity contribution in [2.75, 3.05) is 0 Å². The summed E-state index contributed by atoms with van der Waals surface area (Å²) in [6.07, 6.45) is 4.17. The summed E-state index contributed by atoms with van der Waals surface area (Å²) in [7, 11) is 0. The SMILES string of the molecule is CC(C)CC(N)=CC(=N)c1ccccn1. The van der Waals surface area contributed by atoms with E-state index in [1.54, 1.807) is 12.3 Å². The van der Waals surface area contributed by atoms with Gasteiger partial charge in [-0.2, -0.15) is 0 Å². The topological polar surface area (TPSA) is 62.8 Å². The van der Waals surface area contributed by atoms with Crippen LogP contribution in [0.3, 0.4) is 0 Å². The molecule has 1 aromatic heterocycles. The van der Waals surface area contributed by atoms with Gasteiger partial charge in [-0.3, -0.25) is 10.4 Å². The number of nitrogens with two attached hydrogens (primary N) is 1. The summed E-state index contributed by atoms with van der Waals surface area (Å²) in [4.78, 5) is 4.09. The summed E-state index contributed by atoms with van der Waals surface area (Å²) in [6.45, 7) is 4.20. The third-order valence-corrected chi connectivity index (χ3v) is 1.91. The molecule has 0 aliphatic carbocycles.